The predicted molar refractivity (Wildman–Crippen MR) is 104 cm³/mol. The topological polar surface area (TPSA) is 0 Å². The van der Waals surface area contributed by atoms with Crippen molar-refractivity contribution in [1.82, 2.24) is 0 Å². The SMILES string of the molecule is c1ccc(C([Se]c2cccc3ccccc23)c2ccccc2)cc1. The van der Waals surface area contributed by atoms with Crippen molar-refractivity contribution in [3.8, 4) is 0 Å². The fourth-order valence-electron chi connectivity index (χ4n) is 3.01. The number of hydrogen-bond donors (Lipinski definition) is 0. The third-order valence-electron chi connectivity index (χ3n) is 4.20. The van der Waals surface area contributed by atoms with E-state index >= 15 is 0 Å². The maximum atomic E-state index is 2.29. The molecule has 0 N–H and O–H groups in total. The van der Waals surface area contributed by atoms with Gasteiger partial charge < -0.3 is 0 Å². The van der Waals surface area contributed by atoms with Crippen molar-refractivity contribution in [2.75, 3.05) is 0 Å². The molecule has 0 unspecified atom stereocenters. The van der Waals surface area contributed by atoms with E-state index in [1.54, 1.807) is 0 Å². The molecule has 0 saturated heterocycles. The van der Waals surface area contributed by atoms with Gasteiger partial charge in [-0.2, -0.15) is 0 Å². The van der Waals surface area contributed by atoms with Crippen molar-refractivity contribution in [2.24, 2.45) is 0 Å². The van der Waals surface area contributed by atoms with Gasteiger partial charge >= 0.3 is 149 Å². The molecule has 4 aromatic rings. The van der Waals surface area contributed by atoms with E-state index < -0.39 is 0 Å². The summed E-state index contributed by atoms with van der Waals surface area (Å²) in [6, 6.07) is 37.2. The summed E-state index contributed by atoms with van der Waals surface area (Å²) in [5.41, 5.74) is 2.80. The molecular formula is C23H18Se. The number of rotatable bonds is 4. The Morgan fingerprint density at radius 1 is 0.500 bits per heavy atom. The van der Waals surface area contributed by atoms with Crippen molar-refractivity contribution in [3.05, 3.63) is 114 Å². The summed E-state index contributed by atoms with van der Waals surface area (Å²) in [5.74, 6) is 0. The quantitative estimate of drug-likeness (QED) is 0.444. The van der Waals surface area contributed by atoms with Crippen LogP contribution in [0.5, 0.6) is 0 Å². The van der Waals surface area contributed by atoms with Crippen LogP contribution in [-0.2, 0) is 0 Å². The fraction of sp³-hybridized carbons (Fsp3) is 0.0435. The average molecular weight is 373 g/mol. The van der Waals surface area contributed by atoms with E-state index in [0.29, 0.717) is 19.8 Å². The minimum atomic E-state index is 0.323. The van der Waals surface area contributed by atoms with Gasteiger partial charge in [-0.05, 0) is 0 Å². The van der Waals surface area contributed by atoms with Crippen molar-refractivity contribution in [2.45, 2.75) is 4.82 Å². The maximum absolute atomic E-state index is 2.29. The van der Waals surface area contributed by atoms with Crippen molar-refractivity contribution in [1.29, 1.82) is 0 Å². The molecule has 24 heavy (non-hydrogen) atoms. The first-order chi connectivity index (χ1) is 11.9. The van der Waals surface area contributed by atoms with Gasteiger partial charge in [0, 0.05) is 0 Å². The number of benzene rings is 4. The van der Waals surface area contributed by atoms with Gasteiger partial charge in [0.1, 0.15) is 0 Å². The second-order valence-corrected chi connectivity index (χ2v) is 8.20. The van der Waals surface area contributed by atoms with Crippen LogP contribution in [0.3, 0.4) is 0 Å². The molecule has 0 atom stereocenters. The Bertz CT molecular complexity index is 885. The van der Waals surface area contributed by atoms with Gasteiger partial charge in [-0.25, -0.2) is 0 Å². The average Bonchev–Trinajstić information content (AvgIpc) is 2.67. The fourth-order valence-corrected chi connectivity index (χ4v) is 5.76. The van der Waals surface area contributed by atoms with Gasteiger partial charge in [0.15, 0.2) is 0 Å². The summed E-state index contributed by atoms with van der Waals surface area (Å²) in [5, 5.41) is 2.72. The minimum absolute atomic E-state index is 0.323. The van der Waals surface area contributed by atoms with Crippen LogP contribution in [0.15, 0.2) is 103 Å². The summed E-state index contributed by atoms with van der Waals surface area (Å²) in [6.07, 6.45) is 0. The molecule has 0 aliphatic rings. The molecule has 0 nitrogen and oxygen atoms in total. The van der Waals surface area contributed by atoms with Gasteiger partial charge in [-0.15, -0.1) is 0 Å². The molecule has 0 bridgehead atoms. The van der Waals surface area contributed by atoms with Crippen LogP contribution in [0, 0.1) is 0 Å². The molecule has 0 aliphatic carbocycles. The first-order valence-corrected chi connectivity index (χ1v) is 10.0. The summed E-state index contributed by atoms with van der Waals surface area (Å²) >= 11 is 0.323. The Morgan fingerprint density at radius 2 is 1.04 bits per heavy atom. The van der Waals surface area contributed by atoms with Gasteiger partial charge in [-0.3, -0.25) is 0 Å². The number of hydrogen-bond acceptors (Lipinski definition) is 0. The van der Waals surface area contributed by atoms with Crippen LogP contribution in [-0.4, -0.2) is 15.0 Å². The molecule has 0 heterocycles. The summed E-state index contributed by atoms with van der Waals surface area (Å²) in [4.78, 5) is 0.436. The van der Waals surface area contributed by atoms with E-state index in [1.165, 1.54) is 26.4 Å². The van der Waals surface area contributed by atoms with Crippen LogP contribution in [0.2, 0.25) is 0 Å². The van der Waals surface area contributed by atoms with Crippen molar-refractivity contribution < 1.29 is 0 Å². The Hall–Kier alpha value is -2.34. The second kappa shape index (κ2) is 7.05. The second-order valence-electron chi connectivity index (χ2n) is 5.80. The first-order valence-electron chi connectivity index (χ1n) is 8.16. The molecule has 0 fully saturated rings. The predicted octanol–water partition coefficient (Wildman–Crippen LogP) is 4.96. The standard InChI is InChI=1S/C23H18Se/c1-3-11-19(12-4-1)23(20-13-5-2-6-14-20)24-22-17-9-15-18-10-7-8-16-21(18)22/h1-17,23H. The Morgan fingerprint density at radius 3 is 1.71 bits per heavy atom. The van der Waals surface area contributed by atoms with Crippen LogP contribution in [0.1, 0.15) is 15.9 Å². The Kier molecular flexibility index (Phi) is 4.46. The van der Waals surface area contributed by atoms with Gasteiger partial charge in [-0.1, -0.05) is 0 Å². The molecule has 0 saturated carbocycles. The summed E-state index contributed by atoms with van der Waals surface area (Å²) in [6.45, 7) is 0. The van der Waals surface area contributed by atoms with E-state index in [-0.39, 0.29) is 0 Å². The summed E-state index contributed by atoms with van der Waals surface area (Å²) in [7, 11) is 0. The van der Waals surface area contributed by atoms with Gasteiger partial charge in [0.25, 0.3) is 0 Å². The zero-order valence-electron chi connectivity index (χ0n) is 13.3. The van der Waals surface area contributed by atoms with Gasteiger partial charge in [0.05, 0.1) is 0 Å². The molecule has 0 aromatic heterocycles. The van der Waals surface area contributed by atoms with E-state index in [2.05, 4.69) is 103 Å². The van der Waals surface area contributed by atoms with E-state index in [1.807, 2.05) is 0 Å². The van der Waals surface area contributed by atoms with Crippen LogP contribution < -0.4 is 4.46 Å². The molecule has 116 valence electrons. The zero-order valence-corrected chi connectivity index (χ0v) is 15.0. The monoisotopic (exact) mass is 374 g/mol. The van der Waals surface area contributed by atoms with Crippen LogP contribution >= 0.6 is 0 Å². The van der Waals surface area contributed by atoms with Crippen LogP contribution in [0.4, 0.5) is 0 Å². The van der Waals surface area contributed by atoms with E-state index in [9.17, 15) is 0 Å². The normalized spacial score (nSPS) is 11.0. The van der Waals surface area contributed by atoms with Crippen molar-refractivity contribution in [3.63, 3.8) is 0 Å². The number of fused-ring (bicyclic) bond motifs is 1. The Balaban J connectivity index is 1.80. The zero-order chi connectivity index (χ0) is 16.2. The van der Waals surface area contributed by atoms with Crippen LogP contribution in [0.25, 0.3) is 10.8 Å². The summed E-state index contributed by atoms with van der Waals surface area (Å²) < 4.78 is 1.47. The third-order valence-corrected chi connectivity index (χ3v) is 7.12. The first kappa shape index (κ1) is 15.2. The van der Waals surface area contributed by atoms with Crippen molar-refractivity contribution >= 4 is 30.2 Å². The molecular weight excluding hydrogens is 355 g/mol. The molecule has 4 rings (SSSR count). The Labute approximate surface area is 149 Å². The van der Waals surface area contributed by atoms with E-state index in [0.717, 1.165) is 0 Å². The molecule has 0 spiro atoms. The van der Waals surface area contributed by atoms with Gasteiger partial charge in [0.2, 0.25) is 0 Å². The molecule has 0 radical (unpaired) electrons. The molecule has 4 aromatic carbocycles. The molecule has 1 heteroatoms. The molecule has 0 amide bonds. The third kappa shape index (κ3) is 3.14. The molecule has 0 aliphatic heterocycles. The van der Waals surface area contributed by atoms with E-state index in [4.69, 9.17) is 0 Å².